The van der Waals surface area contributed by atoms with Crippen molar-refractivity contribution in [1.82, 2.24) is 0 Å². The first-order valence-electron chi connectivity index (χ1n) is 2.75. The molecule has 0 spiro atoms. The fourth-order valence-corrected chi connectivity index (χ4v) is 0.899. The van der Waals surface area contributed by atoms with Gasteiger partial charge in [0, 0.05) is 11.8 Å². The molecule has 1 unspecified atom stereocenters. The molecule has 0 aliphatic rings. The van der Waals surface area contributed by atoms with Crippen LogP contribution >= 0.6 is 11.8 Å². The molecule has 0 radical (unpaired) electrons. The minimum absolute atomic E-state index is 0.0468. The Morgan fingerprint density at radius 2 is 2.44 bits per heavy atom. The van der Waals surface area contributed by atoms with Crippen molar-refractivity contribution >= 4 is 11.8 Å². The molecular formula is C6H11NOS. The molecule has 52 valence electrons. The second-order valence-corrected chi connectivity index (χ2v) is 2.63. The van der Waals surface area contributed by atoms with Crippen molar-refractivity contribution in [3.05, 3.63) is 0 Å². The first kappa shape index (κ1) is 8.83. The van der Waals surface area contributed by atoms with Crippen molar-refractivity contribution < 1.29 is 5.11 Å². The largest absolute Gasteiger partial charge is 0.395 e. The zero-order chi connectivity index (χ0) is 7.11. The van der Waals surface area contributed by atoms with Crippen LogP contribution in [0.1, 0.15) is 6.42 Å². The summed E-state index contributed by atoms with van der Waals surface area (Å²) in [7, 11) is 0. The van der Waals surface area contributed by atoms with E-state index in [9.17, 15) is 0 Å². The molecule has 2 nitrogen and oxygen atoms in total. The van der Waals surface area contributed by atoms with E-state index in [4.69, 9.17) is 17.3 Å². The van der Waals surface area contributed by atoms with Crippen LogP contribution in [0.4, 0.5) is 0 Å². The summed E-state index contributed by atoms with van der Waals surface area (Å²) in [5, 5.41) is 10.9. The molecule has 9 heavy (non-hydrogen) atoms. The Balaban J connectivity index is 2.99. The standard InChI is InChI=1S/C6H11NOS/c1-2-9-4-3-6(7)5-8/h1,6,8H,3-5,7H2. The van der Waals surface area contributed by atoms with E-state index in [1.807, 2.05) is 0 Å². The van der Waals surface area contributed by atoms with Gasteiger partial charge in [0.1, 0.15) is 0 Å². The quantitative estimate of drug-likeness (QED) is 0.433. The van der Waals surface area contributed by atoms with Crippen LogP contribution in [0.15, 0.2) is 0 Å². The molecule has 3 heteroatoms. The number of hydrogen-bond acceptors (Lipinski definition) is 3. The predicted molar refractivity (Wildman–Crippen MR) is 41.0 cm³/mol. The molecule has 0 bridgehead atoms. The second kappa shape index (κ2) is 5.96. The highest BCUT2D eigenvalue weighted by molar-refractivity contribution is 8.03. The van der Waals surface area contributed by atoms with Gasteiger partial charge >= 0.3 is 0 Å². The SMILES string of the molecule is C#CSCCC(N)CO. The van der Waals surface area contributed by atoms with E-state index in [1.54, 1.807) is 0 Å². The number of terminal acetylenes is 1. The maximum atomic E-state index is 8.45. The van der Waals surface area contributed by atoms with E-state index in [2.05, 4.69) is 5.25 Å². The number of nitrogens with two attached hydrogens (primary N) is 1. The van der Waals surface area contributed by atoms with Crippen molar-refractivity contribution in [2.75, 3.05) is 12.4 Å². The summed E-state index contributed by atoms with van der Waals surface area (Å²) < 4.78 is 0. The van der Waals surface area contributed by atoms with Crippen LogP contribution in [-0.2, 0) is 0 Å². The first-order valence-corrected chi connectivity index (χ1v) is 3.73. The Kier molecular flexibility index (Phi) is 5.85. The van der Waals surface area contributed by atoms with Crippen LogP contribution in [0.5, 0.6) is 0 Å². The lowest BCUT2D eigenvalue weighted by Crippen LogP contribution is -2.24. The molecule has 1 atom stereocenters. The van der Waals surface area contributed by atoms with Crippen molar-refractivity contribution in [3.63, 3.8) is 0 Å². The molecule has 0 saturated carbocycles. The third-order valence-corrected chi connectivity index (χ3v) is 1.52. The van der Waals surface area contributed by atoms with Crippen molar-refractivity contribution in [1.29, 1.82) is 0 Å². The summed E-state index contributed by atoms with van der Waals surface area (Å²) in [5.74, 6) is 0.832. The van der Waals surface area contributed by atoms with Crippen molar-refractivity contribution in [3.8, 4) is 11.7 Å². The minimum atomic E-state index is -0.106. The number of thioether (sulfide) groups is 1. The molecule has 0 fully saturated rings. The number of aliphatic hydroxyl groups is 1. The molecule has 0 amide bonds. The fourth-order valence-electron chi connectivity index (χ4n) is 0.361. The predicted octanol–water partition coefficient (Wildman–Crippen LogP) is 0.0200. The molecule has 0 aromatic rings. The molecule has 0 aromatic heterocycles. The summed E-state index contributed by atoms with van der Waals surface area (Å²) >= 11 is 1.39. The van der Waals surface area contributed by atoms with Gasteiger partial charge in [-0.05, 0) is 11.7 Å². The highest BCUT2D eigenvalue weighted by Gasteiger charge is 1.97. The van der Waals surface area contributed by atoms with Crippen LogP contribution < -0.4 is 5.73 Å². The van der Waals surface area contributed by atoms with Crippen molar-refractivity contribution in [2.45, 2.75) is 12.5 Å². The van der Waals surface area contributed by atoms with E-state index < -0.39 is 0 Å². The van der Waals surface area contributed by atoms with E-state index in [0.29, 0.717) is 0 Å². The van der Waals surface area contributed by atoms with Crippen LogP contribution in [0, 0.1) is 11.7 Å². The molecule has 0 aliphatic heterocycles. The number of rotatable bonds is 4. The maximum absolute atomic E-state index is 8.45. The fraction of sp³-hybridized carbons (Fsp3) is 0.667. The second-order valence-electron chi connectivity index (χ2n) is 1.70. The molecule has 0 aromatic carbocycles. The molecule has 0 aliphatic carbocycles. The molecule has 3 N–H and O–H groups in total. The zero-order valence-corrected chi connectivity index (χ0v) is 6.03. The van der Waals surface area contributed by atoms with Gasteiger partial charge in [0.25, 0.3) is 0 Å². The lowest BCUT2D eigenvalue weighted by atomic mass is 10.3. The van der Waals surface area contributed by atoms with Gasteiger partial charge in [0.15, 0.2) is 0 Å². The van der Waals surface area contributed by atoms with Gasteiger partial charge in [-0.1, -0.05) is 11.8 Å². The minimum Gasteiger partial charge on any atom is -0.395 e. The molecule has 0 rings (SSSR count). The van der Waals surface area contributed by atoms with Crippen LogP contribution in [-0.4, -0.2) is 23.5 Å². The Bertz CT molecular complexity index is 99.7. The summed E-state index contributed by atoms with van der Waals surface area (Å²) in [6.07, 6.45) is 5.75. The third-order valence-electron chi connectivity index (χ3n) is 0.909. The maximum Gasteiger partial charge on any atom is 0.0582 e. The summed E-state index contributed by atoms with van der Waals surface area (Å²) in [5.41, 5.74) is 5.38. The highest BCUT2D eigenvalue weighted by atomic mass is 32.2. The van der Waals surface area contributed by atoms with Gasteiger partial charge in [-0.15, -0.1) is 6.42 Å². The Morgan fingerprint density at radius 3 is 2.89 bits per heavy atom. The summed E-state index contributed by atoms with van der Waals surface area (Å²) in [6, 6.07) is -0.106. The van der Waals surface area contributed by atoms with Gasteiger partial charge in [0.05, 0.1) is 6.61 Å². The van der Waals surface area contributed by atoms with Gasteiger partial charge in [-0.25, -0.2) is 0 Å². The van der Waals surface area contributed by atoms with E-state index in [0.717, 1.165) is 12.2 Å². The monoisotopic (exact) mass is 145 g/mol. The average molecular weight is 145 g/mol. The van der Waals surface area contributed by atoms with Gasteiger partial charge in [0.2, 0.25) is 0 Å². The van der Waals surface area contributed by atoms with Crippen LogP contribution in [0.3, 0.4) is 0 Å². The number of aliphatic hydroxyl groups excluding tert-OH is 1. The third kappa shape index (κ3) is 5.71. The highest BCUT2D eigenvalue weighted by Crippen LogP contribution is 1.99. The van der Waals surface area contributed by atoms with Crippen LogP contribution in [0.25, 0.3) is 0 Å². The average Bonchev–Trinajstić information content (AvgIpc) is 1.89. The normalized spacial score (nSPS) is 12.6. The topological polar surface area (TPSA) is 46.2 Å². The van der Waals surface area contributed by atoms with Crippen molar-refractivity contribution in [2.24, 2.45) is 5.73 Å². The zero-order valence-electron chi connectivity index (χ0n) is 5.21. The van der Waals surface area contributed by atoms with E-state index >= 15 is 0 Å². The molecule has 0 heterocycles. The van der Waals surface area contributed by atoms with E-state index in [-0.39, 0.29) is 12.6 Å². The number of hydrogen-bond donors (Lipinski definition) is 2. The Morgan fingerprint density at radius 1 is 1.78 bits per heavy atom. The first-order chi connectivity index (χ1) is 4.31. The summed E-state index contributed by atoms with van der Waals surface area (Å²) in [6.45, 7) is 0.0468. The van der Waals surface area contributed by atoms with Gasteiger partial charge in [-0.2, -0.15) is 0 Å². The Hall–Kier alpha value is -0.170. The molecule has 0 saturated heterocycles. The Labute approximate surface area is 59.8 Å². The summed E-state index contributed by atoms with van der Waals surface area (Å²) in [4.78, 5) is 0. The smallest absolute Gasteiger partial charge is 0.0582 e. The lowest BCUT2D eigenvalue weighted by molar-refractivity contribution is 0.264. The van der Waals surface area contributed by atoms with Gasteiger partial charge < -0.3 is 10.8 Å². The van der Waals surface area contributed by atoms with Gasteiger partial charge in [-0.3, -0.25) is 0 Å². The van der Waals surface area contributed by atoms with E-state index in [1.165, 1.54) is 11.8 Å². The van der Waals surface area contributed by atoms with Crippen LogP contribution in [0.2, 0.25) is 0 Å². The molecular weight excluding hydrogens is 134 g/mol. The lowest BCUT2D eigenvalue weighted by Gasteiger charge is -2.03.